The van der Waals surface area contributed by atoms with Crippen molar-refractivity contribution in [2.75, 3.05) is 19.8 Å². The van der Waals surface area contributed by atoms with Gasteiger partial charge in [0, 0.05) is 13.2 Å². The van der Waals surface area contributed by atoms with Crippen molar-refractivity contribution in [2.24, 2.45) is 17.1 Å². The Bertz CT molecular complexity index is 157. The second-order valence-corrected chi connectivity index (χ2v) is 4.69. The van der Waals surface area contributed by atoms with Crippen LogP contribution in [-0.2, 0) is 4.74 Å². The quantitative estimate of drug-likeness (QED) is 0.710. The predicted molar refractivity (Wildman–Crippen MR) is 53.5 cm³/mol. The molecule has 2 N–H and O–H groups in total. The van der Waals surface area contributed by atoms with E-state index in [1.54, 1.807) is 0 Å². The van der Waals surface area contributed by atoms with Gasteiger partial charge < -0.3 is 10.5 Å². The maximum atomic E-state index is 5.94. The van der Waals surface area contributed by atoms with Crippen molar-refractivity contribution >= 4 is 0 Å². The monoisotopic (exact) mass is 183 g/mol. The SMILES string of the molecule is NCC1(C2CCCOC2)CCCC1. The van der Waals surface area contributed by atoms with E-state index in [9.17, 15) is 0 Å². The van der Waals surface area contributed by atoms with Crippen molar-refractivity contribution < 1.29 is 4.74 Å². The molecule has 0 aromatic rings. The van der Waals surface area contributed by atoms with Gasteiger partial charge in [-0.25, -0.2) is 0 Å². The second kappa shape index (κ2) is 3.97. The minimum Gasteiger partial charge on any atom is -0.381 e. The van der Waals surface area contributed by atoms with Crippen LogP contribution in [0.4, 0.5) is 0 Å². The van der Waals surface area contributed by atoms with Crippen LogP contribution in [0.15, 0.2) is 0 Å². The fraction of sp³-hybridized carbons (Fsp3) is 1.00. The maximum absolute atomic E-state index is 5.94. The normalized spacial score (nSPS) is 33.5. The Balaban J connectivity index is 2.01. The summed E-state index contributed by atoms with van der Waals surface area (Å²) in [5.74, 6) is 0.758. The summed E-state index contributed by atoms with van der Waals surface area (Å²) >= 11 is 0. The second-order valence-electron chi connectivity index (χ2n) is 4.69. The molecule has 1 saturated carbocycles. The molecule has 2 aliphatic rings. The molecule has 1 heterocycles. The van der Waals surface area contributed by atoms with Gasteiger partial charge in [0.2, 0.25) is 0 Å². The van der Waals surface area contributed by atoms with Gasteiger partial charge in [-0.3, -0.25) is 0 Å². The van der Waals surface area contributed by atoms with Crippen LogP contribution >= 0.6 is 0 Å². The molecule has 76 valence electrons. The van der Waals surface area contributed by atoms with E-state index in [1.165, 1.54) is 38.5 Å². The molecule has 1 aliphatic carbocycles. The van der Waals surface area contributed by atoms with Crippen molar-refractivity contribution in [2.45, 2.75) is 38.5 Å². The number of ether oxygens (including phenoxy) is 1. The Labute approximate surface area is 80.8 Å². The van der Waals surface area contributed by atoms with Gasteiger partial charge in [-0.05, 0) is 43.6 Å². The van der Waals surface area contributed by atoms with Gasteiger partial charge in [0.05, 0.1) is 0 Å². The van der Waals surface area contributed by atoms with Crippen LogP contribution in [0.2, 0.25) is 0 Å². The smallest absolute Gasteiger partial charge is 0.0500 e. The van der Waals surface area contributed by atoms with Crippen LogP contribution in [-0.4, -0.2) is 19.8 Å². The summed E-state index contributed by atoms with van der Waals surface area (Å²) in [6, 6.07) is 0. The molecule has 1 aliphatic heterocycles. The lowest BCUT2D eigenvalue weighted by atomic mass is 9.71. The van der Waals surface area contributed by atoms with Crippen LogP contribution in [0.3, 0.4) is 0 Å². The van der Waals surface area contributed by atoms with E-state index in [4.69, 9.17) is 10.5 Å². The summed E-state index contributed by atoms with van der Waals surface area (Å²) in [5, 5.41) is 0. The summed E-state index contributed by atoms with van der Waals surface area (Å²) in [6.45, 7) is 2.81. The van der Waals surface area contributed by atoms with Gasteiger partial charge in [0.1, 0.15) is 0 Å². The van der Waals surface area contributed by atoms with Gasteiger partial charge in [0.15, 0.2) is 0 Å². The van der Waals surface area contributed by atoms with Gasteiger partial charge in [-0.15, -0.1) is 0 Å². The lowest BCUT2D eigenvalue weighted by molar-refractivity contribution is -0.00430. The molecule has 0 aromatic heterocycles. The van der Waals surface area contributed by atoms with Crippen molar-refractivity contribution in [3.8, 4) is 0 Å². The standard InChI is InChI=1S/C11H21NO/c12-9-11(5-1-2-6-11)10-4-3-7-13-8-10/h10H,1-9,12H2. The lowest BCUT2D eigenvalue weighted by Gasteiger charge is -2.38. The van der Waals surface area contributed by atoms with Crippen molar-refractivity contribution in [1.82, 2.24) is 0 Å². The van der Waals surface area contributed by atoms with Crippen molar-refractivity contribution in [1.29, 1.82) is 0 Å². The first-order chi connectivity index (χ1) is 6.37. The third-order valence-electron chi connectivity index (χ3n) is 4.03. The number of hydrogen-bond acceptors (Lipinski definition) is 2. The molecule has 1 unspecified atom stereocenters. The molecule has 1 atom stereocenters. The third-order valence-corrected chi connectivity index (χ3v) is 4.03. The van der Waals surface area contributed by atoms with Crippen LogP contribution in [0.1, 0.15) is 38.5 Å². The highest BCUT2D eigenvalue weighted by Gasteiger charge is 2.40. The molecule has 0 amide bonds. The van der Waals surface area contributed by atoms with Crippen molar-refractivity contribution in [3.05, 3.63) is 0 Å². The van der Waals surface area contributed by atoms with E-state index in [1.807, 2.05) is 0 Å². The zero-order valence-electron chi connectivity index (χ0n) is 8.43. The van der Waals surface area contributed by atoms with Crippen LogP contribution in [0, 0.1) is 11.3 Å². The summed E-state index contributed by atoms with van der Waals surface area (Å²) in [6.07, 6.45) is 8.04. The zero-order valence-corrected chi connectivity index (χ0v) is 8.43. The van der Waals surface area contributed by atoms with Gasteiger partial charge >= 0.3 is 0 Å². The molecule has 0 aromatic carbocycles. The van der Waals surface area contributed by atoms with Crippen molar-refractivity contribution in [3.63, 3.8) is 0 Å². The molecule has 2 nitrogen and oxygen atoms in total. The molecule has 13 heavy (non-hydrogen) atoms. The maximum Gasteiger partial charge on any atom is 0.0500 e. The average molecular weight is 183 g/mol. The molecule has 2 fully saturated rings. The molecule has 2 rings (SSSR count). The first kappa shape index (κ1) is 9.47. The zero-order chi connectivity index (χ0) is 9.15. The number of rotatable bonds is 2. The summed E-state index contributed by atoms with van der Waals surface area (Å²) in [5.41, 5.74) is 6.40. The summed E-state index contributed by atoms with van der Waals surface area (Å²) in [4.78, 5) is 0. The van der Waals surface area contributed by atoms with Crippen LogP contribution in [0.25, 0.3) is 0 Å². The Hall–Kier alpha value is -0.0800. The lowest BCUT2D eigenvalue weighted by Crippen LogP contribution is -2.39. The van der Waals surface area contributed by atoms with E-state index >= 15 is 0 Å². The first-order valence-corrected chi connectivity index (χ1v) is 5.65. The number of nitrogens with two attached hydrogens (primary N) is 1. The Morgan fingerprint density at radius 1 is 1.23 bits per heavy atom. The molecule has 2 heteroatoms. The summed E-state index contributed by atoms with van der Waals surface area (Å²) in [7, 11) is 0. The largest absolute Gasteiger partial charge is 0.381 e. The predicted octanol–water partition coefficient (Wildman–Crippen LogP) is 1.93. The van der Waals surface area contributed by atoms with E-state index < -0.39 is 0 Å². The molecule has 0 radical (unpaired) electrons. The summed E-state index contributed by atoms with van der Waals surface area (Å²) < 4.78 is 5.57. The molecular weight excluding hydrogens is 162 g/mol. The molecule has 0 spiro atoms. The Kier molecular flexibility index (Phi) is 2.89. The van der Waals surface area contributed by atoms with Crippen LogP contribution in [0.5, 0.6) is 0 Å². The highest BCUT2D eigenvalue weighted by Crippen LogP contribution is 2.46. The highest BCUT2D eigenvalue weighted by molar-refractivity contribution is 4.92. The molecular formula is C11H21NO. The third kappa shape index (κ3) is 1.75. The highest BCUT2D eigenvalue weighted by atomic mass is 16.5. The van der Waals surface area contributed by atoms with Gasteiger partial charge in [-0.1, -0.05) is 12.8 Å². The minimum atomic E-state index is 0.459. The van der Waals surface area contributed by atoms with E-state index in [0.717, 1.165) is 25.7 Å². The van der Waals surface area contributed by atoms with Gasteiger partial charge in [0.25, 0.3) is 0 Å². The topological polar surface area (TPSA) is 35.2 Å². The van der Waals surface area contributed by atoms with E-state index in [2.05, 4.69) is 0 Å². The fourth-order valence-corrected chi connectivity index (χ4v) is 3.08. The van der Waals surface area contributed by atoms with E-state index in [0.29, 0.717) is 5.41 Å². The van der Waals surface area contributed by atoms with Gasteiger partial charge in [-0.2, -0.15) is 0 Å². The molecule has 0 bridgehead atoms. The Morgan fingerprint density at radius 3 is 2.54 bits per heavy atom. The molecule has 1 saturated heterocycles. The van der Waals surface area contributed by atoms with E-state index in [-0.39, 0.29) is 0 Å². The van der Waals surface area contributed by atoms with Crippen LogP contribution < -0.4 is 5.73 Å². The fourth-order valence-electron chi connectivity index (χ4n) is 3.08. The first-order valence-electron chi connectivity index (χ1n) is 5.65. The number of hydrogen-bond donors (Lipinski definition) is 1. The average Bonchev–Trinajstić information content (AvgIpc) is 2.69. The Morgan fingerprint density at radius 2 is 2.00 bits per heavy atom. The minimum absolute atomic E-state index is 0.459.